The monoisotopic (exact) mass is 245 g/mol. The number of hydrogen-bond donors (Lipinski definition) is 1. The summed E-state index contributed by atoms with van der Waals surface area (Å²) in [7, 11) is 0. The molecule has 94 valence electrons. The topological polar surface area (TPSA) is 76.7 Å². The van der Waals surface area contributed by atoms with E-state index in [4.69, 9.17) is 4.52 Å². The van der Waals surface area contributed by atoms with Crippen LogP contribution >= 0.6 is 0 Å². The lowest BCUT2D eigenvalue weighted by molar-refractivity contribution is 0.275. The Balaban J connectivity index is 1.91. The van der Waals surface area contributed by atoms with Gasteiger partial charge in [-0.25, -0.2) is 9.97 Å². The molecule has 1 unspecified atom stereocenters. The van der Waals surface area contributed by atoms with E-state index in [1.54, 1.807) is 12.4 Å². The Morgan fingerprint density at radius 2 is 2.06 bits per heavy atom. The van der Waals surface area contributed by atoms with E-state index in [9.17, 15) is 0 Å². The van der Waals surface area contributed by atoms with Gasteiger partial charge in [0.2, 0.25) is 17.5 Å². The zero-order chi connectivity index (χ0) is 12.6. The first kappa shape index (κ1) is 11.3. The van der Waals surface area contributed by atoms with Crippen LogP contribution in [0.5, 0.6) is 0 Å². The van der Waals surface area contributed by atoms with Crippen molar-refractivity contribution in [2.24, 2.45) is 0 Å². The van der Waals surface area contributed by atoms with E-state index >= 15 is 0 Å². The standard InChI is InChI=1S/C12H15N5O/c1-8-6-13-9(14-7-8)10-16-11(18-17-10)12(2)4-3-5-15-12/h6-7,15H,3-5H2,1-2H3. The number of hydrogen-bond acceptors (Lipinski definition) is 6. The minimum atomic E-state index is -0.212. The first-order chi connectivity index (χ1) is 8.67. The number of aromatic nitrogens is 4. The molecule has 0 bridgehead atoms. The Kier molecular flexibility index (Phi) is 2.59. The summed E-state index contributed by atoms with van der Waals surface area (Å²) >= 11 is 0. The van der Waals surface area contributed by atoms with Crippen molar-refractivity contribution in [3.05, 3.63) is 23.8 Å². The highest BCUT2D eigenvalue weighted by atomic mass is 16.5. The van der Waals surface area contributed by atoms with E-state index in [1.807, 2.05) is 6.92 Å². The quantitative estimate of drug-likeness (QED) is 0.862. The smallest absolute Gasteiger partial charge is 0.247 e. The molecule has 1 saturated heterocycles. The van der Waals surface area contributed by atoms with Crippen LogP contribution in [0.3, 0.4) is 0 Å². The SMILES string of the molecule is Cc1cnc(-c2noc(C3(C)CCCN3)n2)nc1. The second-order valence-corrected chi connectivity index (χ2v) is 4.87. The van der Waals surface area contributed by atoms with Crippen LogP contribution in [0.25, 0.3) is 11.6 Å². The van der Waals surface area contributed by atoms with Crippen LogP contribution in [0.4, 0.5) is 0 Å². The molecule has 0 saturated carbocycles. The third kappa shape index (κ3) is 1.88. The van der Waals surface area contributed by atoms with Crippen LogP contribution in [0.2, 0.25) is 0 Å². The van der Waals surface area contributed by atoms with E-state index < -0.39 is 0 Å². The van der Waals surface area contributed by atoms with Crippen LogP contribution in [-0.2, 0) is 5.54 Å². The van der Waals surface area contributed by atoms with Gasteiger partial charge < -0.3 is 9.84 Å². The largest absolute Gasteiger partial charge is 0.337 e. The fourth-order valence-electron chi connectivity index (χ4n) is 2.12. The molecule has 0 radical (unpaired) electrons. The Labute approximate surface area is 105 Å². The lowest BCUT2D eigenvalue weighted by Crippen LogP contribution is -2.33. The molecule has 1 atom stereocenters. The summed E-state index contributed by atoms with van der Waals surface area (Å²) in [5, 5.41) is 7.34. The van der Waals surface area contributed by atoms with Crippen LogP contribution in [0.1, 0.15) is 31.2 Å². The summed E-state index contributed by atoms with van der Waals surface area (Å²) in [5.41, 5.74) is 0.794. The van der Waals surface area contributed by atoms with E-state index in [-0.39, 0.29) is 5.54 Å². The summed E-state index contributed by atoms with van der Waals surface area (Å²) in [6, 6.07) is 0. The van der Waals surface area contributed by atoms with Crippen LogP contribution in [0, 0.1) is 6.92 Å². The molecule has 3 rings (SSSR count). The fourth-order valence-corrected chi connectivity index (χ4v) is 2.12. The summed E-state index contributed by atoms with van der Waals surface area (Å²) in [4.78, 5) is 12.8. The normalized spacial score (nSPS) is 23.4. The maximum atomic E-state index is 5.33. The molecule has 1 fully saturated rings. The summed E-state index contributed by atoms with van der Waals surface area (Å²) in [5.74, 6) is 1.55. The number of nitrogens with one attached hydrogen (secondary N) is 1. The van der Waals surface area contributed by atoms with E-state index in [0.29, 0.717) is 17.5 Å². The summed E-state index contributed by atoms with van der Waals surface area (Å²) < 4.78 is 5.33. The first-order valence-electron chi connectivity index (χ1n) is 6.06. The van der Waals surface area contributed by atoms with Crippen LogP contribution in [-0.4, -0.2) is 26.7 Å². The molecule has 1 aliphatic heterocycles. The van der Waals surface area contributed by atoms with Crippen molar-refractivity contribution in [2.75, 3.05) is 6.54 Å². The van der Waals surface area contributed by atoms with Gasteiger partial charge in [-0.2, -0.15) is 4.98 Å². The molecule has 0 amide bonds. The van der Waals surface area contributed by atoms with Gasteiger partial charge in [0.1, 0.15) is 0 Å². The maximum absolute atomic E-state index is 5.33. The predicted molar refractivity (Wildman–Crippen MR) is 64.6 cm³/mol. The molecule has 1 aliphatic rings. The molecule has 2 aromatic heterocycles. The fraction of sp³-hybridized carbons (Fsp3) is 0.500. The lowest BCUT2D eigenvalue weighted by atomic mass is 10.0. The summed E-state index contributed by atoms with van der Waals surface area (Å²) in [6.45, 7) is 5.00. The molecule has 6 nitrogen and oxygen atoms in total. The van der Waals surface area contributed by atoms with Crippen molar-refractivity contribution in [1.82, 2.24) is 25.4 Å². The highest BCUT2D eigenvalue weighted by Gasteiger charge is 2.36. The molecule has 18 heavy (non-hydrogen) atoms. The van der Waals surface area contributed by atoms with Crippen molar-refractivity contribution in [1.29, 1.82) is 0 Å². The van der Waals surface area contributed by atoms with Gasteiger partial charge in [0.15, 0.2) is 0 Å². The van der Waals surface area contributed by atoms with Gasteiger partial charge >= 0.3 is 0 Å². The molecule has 2 aromatic rings. The lowest BCUT2D eigenvalue weighted by Gasteiger charge is -2.18. The molecular formula is C12H15N5O. The Bertz CT molecular complexity index is 542. The van der Waals surface area contributed by atoms with Crippen molar-refractivity contribution < 1.29 is 4.52 Å². The van der Waals surface area contributed by atoms with Gasteiger partial charge in [-0.1, -0.05) is 5.16 Å². The van der Waals surface area contributed by atoms with E-state index in [2.05, 4.69) is 32.3 Å². The number of aryl methyl sites for hydroxylation is 1. The van der Waals surface area contributed by atoms with Gasteiger partial charge in [-0.15, -0.1) is 0 Å². The maximum Gasteiger partial charge on any atom is 0.247 e. The molecule has 1 N–H and O–H groups in total. The first-order valence-corrected chi connectivity index (χ1v) is 6.06. The molecule has 0 aliphatic carbocycles. The van der Waals surface area contributed by atoms with Gasteiger partial charge in [0.25, 0.3) is 0 Å². The predicted octanol–water partition coefficient (Wildman–Crippen LogP) is 1.43. The zero-order valence-electron chi connectivity index (χ0n) is 10.5. The highest BCUT2D eigenvalue weighted by Crippen LogP contribution is 2.29. The average molecular weight is 245 g/mol. The van der Waals surface area contributed by atoms with Gasteiger partial charge in [0, 0.05) is 12.4 Å². The molecule has 6 heteroatoms. The molecule has 0 aromatic carbocycles. The average Bonchev–Trinajstić information content (AvgIpc) is 2.99. The molecular weight excluding hydrogens is 230 g/mol. The number of nitrogens with zero attached hydrogens (tertiary/aromatic N) is 4. The van der Waals surface area contributed by atoms with E-state index in [0.717, 1.165) is 24.9 Å². The third-order valence-corrected chi connectivity index (χ3v) is 3.25. The minimum Gasteiger partial charge on any atom is -0.337 e. The summed E-state index contributed by atoms with van der Waals surface area (Å²) in [6.07, 6.45) is 5.61. The molecule has 3 heterocycles. The Morgan fingerprint density at radius 1 is 1.28 bits per heavy atom. The van der Waals surface area contributed by atoms with E-state index in [1.165, 1.54) is 0 Å². The second kappa shape index (κ2) is 4.13. The molecule has 0 spiro atoms. The third-order valence-electron chi connectivity index (χ3n) is 3.25. The highest BCUT2D eigenvalue weighted by molar-refractivity contribution is 5.41. The van der Waals surface area contributed by atoms with Crippen molar-refractivity contribution in [3.8, 4) is 11.6 Å². The Hall–Kier alpha value is -1.82. The Morgan fingerprint density at radius 3 is 2.72 bits per heavy atom. The van der Waals surface area contributed by atoms with Gasteiger partial charge in [0.05, 0.1) is 5.54 Å². The zero-order valence-corrected chi connectivity index (χ0v) is 10.5. The van der Waals surface area contributed by atoms with Crippen molar-refractivity contribution in [2.45, 2.75) is 32.2 Å². The van der Waals surface area contributed by atoms with Gasteiger partial charge in [-0.3, -0.25) is 0 Å². The minimum absolute atomic E-state index is 0.212. The van der Waals surface area contributed by atoms with Crippen molar-refractivity contribution in [3.63, 3.8) is 0 Å². The van der Waals surface area contributed by atoms with Gasteiger partial charge in [-0.05, 0) is 38.8 Å². The number of rotatable bonds is 2. The van der Waals surface area contributed by atoms with Crippen LogP contribution in [0.15, 0.2) is 16.9 Å². The van der Waals surface area contributed by atoms with Crippen LogP contribution < -0.4 is 5.32 Å². The van der Waals surface area contributed by atoms with Crippen molar-refractivity contribution >= 4 is 0 Å². The second-order valence-electron chi connectivity index (χ2n) is 4.87.